The number of hydrogen-bond acceptors (Lipinski definition) is 4. The normalized spacial score (nSPS) is 10.8. The van der Waals surface area contributed by atoms with Crippen LogP contribution in [0.1, 0.15) is 25.6 Å². The van der Waals surface area contributed by atoms with Crippen molar-refractivity contribution < 1.29 is 14.3 Å². The number of hydrogen-bond donors (Lipinski definition) is 0. The van der Waals surface area contributed by atoms with Gasteiger partial charge in [0, 0.05) is 13.6 Å². The molecule has 0 aliphatic heterocycles. The number of unbranched alkanes of at least 4 members (excludes halogenated alkanes) is 1. The van der Waals surface area contributed by atoms with Gasteiger partial charge in [-0.15, -0.1) is 0 Å². The topological polar surface area (TPSA) is 56.6 Å². The van der Waals surface area contributed by atoms with E-state index < -0.39 is 0 Å². The molecule has 1 heterocycles. The molecule has 0 fully saturated rings. The zero-order valence-electron chi connectivity index (χ0n) is 16.7. The Morgan fingerprint density at radius 2 is 1.82 bits per heavy atom. The molecule has 3 rings (SSSR count). The van der Waals surface area contributed by atoms with Gasteiger partial charge in [0.25, 0.3) is 0 Å². The molecule has 0 unspecified atom stereocenters. The maximum atomic E-state index is 12.7. The lowest BCUT2D eigenvalue weighted by atomic mass is 10.3. The Kier molecular flexibility index (Phi) is 6.53. The van der Waals surface area contributed by atoms with E-state index in [0.29, 0.717) is 0 Å². The maximum absolute atomic E-state index is 12.7. The molecule has 28 heavy (non-hydrogen) atoms. The molecular formula is C22H27N3O3. The molecule has 6 heteroatoms. The first-order valence-electron chi connectivity index (χ1n) is 9.57. The molecule has 0 atom stereocenters. The Bertz CT molecular complexity index is 918. The first kappa shape index (κ1) is 19.7. The minimum atomic E-state index is 0.0716. The highest BCUT2D eigenvalue weighted by atomic mass is 16.5. The lowest BCUT2D eigenvalue weighted by molar-refractivity contribution is -0.130. The number of ether oxygens (including phenoxy) is 2. The summed E-state index contributed by atoms with van der Waals surface area (Å²) in [5.41, 5.74) is 1.80. The maximum Gasteiger partial charge on any atom is 0.242 e. The van der Waals surface area contributed by atoms with Gasteiger partial charge in [-0.2, -0.15) is 0 Å². The number of fused-ring (bicyclic) bond motifs is 1. The van der Waals surface area contributed by atoms with Gasteiger partial charge in [-0.3, -0.25) is 4.79 Å². The molecule has 0 saturated carbocycles. The quantitative estimate of drug-likeness (QED) is 0.564. The molecule has 6 nitrogen and oxygen atoms in total. The fourth-order valence-corrected chi connectivity index (χ4v) is 3.01. The van der Waals surface area contributed by atoms with E-state index in [1.807, 2.05) is 60.1 Å². The fraction of sp³-hybridized carbons (Fsp3) is 0.364. The van der Waals surface area contributed by atoms with Crippen molar-refractivity contribution in [2.75, 3.05) is 20.7 Å². The molecular weight excluding hydrogens is 354 g/mol. The van der Waals surface area contributed by atoms with Crippen molar-refractivity contribution in [2.24, 2.45) is 0 Å². The number of benzene rings is 2. The van der Waals surface area contributed by atoms with Crippen LogP contribution in [0.2, 0.25) is 0 Å². The smallest absolute Gasteiger partial charge is 0.242 e. The monoisotopic (exact) mass is 381 g/mol. The predicted molar refractivity (Wildman–Crippen MR) is 110 cm³/mol. The van der Waals surface area contributed by atoms with Gasteiger partial charge in [-0.1, -0.05) is 25.5 Å². The van der Waals surface area contributed by atoms with Gasteiger partial charge in [0.2, 0.25) is 5.91 Å². The van der Waals surface area contributed by atoms with Crippen molar-refractivity contribution in [3.05, 3.63) is 54.4 Å². The lowest BCUT2D eigenvalue weighted by Crippen LogP contribution is -2.31. The van der Waals surface area contributed by atoms with E-state index in [1.165, 1.54) is 0 Å². The van der Waals surface area contributed by atoms with Gasteiger partial charge in [0.15, 0.2) is 0 Å². The lowest BCUT2D eigenvalue weighted by Gasteiger charge is -2.18. The van der Waals surface area contributed by atoms with Crippen LogP contribution in [0.25, 0.3) is 11.0 Å². The van der Waals surface area contributed by atoms with Crippen molar-refractivity contribution in [3.63, 3.8) is 0 Å². The second kappa shape index (κ2) is 9.26. The molecule has 1 aromatic heterocycles. The van der Waals surface area contributed by atoms with Crippen molar-refractivity contribution in [1.82, 2.24) is 14.5 Å². The number of carbonyl (C=O) groups is 1. The minimum absolute atomic E-state index is 0.0716. The zero-order chi connectivity index (χ0) is 19.9. The number of carbonyl (C=O) groups excluding carboxylic acids is 1. The largest absolute Gasteiger partial charge is 0.497 e. The third-order valence-corrected chi connectivity index (χ3v) is 4.73. The Balaban J connectivity index is 1.79. The second-order valence-electron chi connectivity index (χ2n) is 6.74. The molecule has 0 bridgehead atoms. The molecule has 148 valence electrons. The van der Waals surface area contributed by atoms with E-state index in [4.69, 9.17) is 9.47 Å². The van der Waals surface area contributed by atoms with Crippen molar-refractivity contribution in [1.29, 1.82) is 0 Å². The van der Waals surface area contributed by atoms with Crippen LogP contribution in [-0.4, -0.2) is 41.1 Å². The predicted octanol–water partition coefficient (Wildman–Crippen LogP) is 3.88. The van der Waals surface area contributed by atoms with Gasteiger partial charge in [-0.25, -0.2) is 4.98 Å². The standard InChI is InChI=1S/C22H27N3O3/c1-4-5-14-24(2)22(26)15-25-20-9-7-6-8-19(20)23-21(25)16-28-18-12-10-17(27-3)11-13-18/h6-13H,4-5,14-16H2,1-3H3. The summed E-state index contributed by atoms with van der Waals surface area (Å²) >= 11 is 0. The van der Waals surface area contributed by atoms with Crippen molar-refractivity contribution in [2.45, 2.75) is 32.9 Å². The number of methoxy groups -OCH3 is 1. The average molecular weight is 381 g/mol. The molecule has 0 aliphatic rings. The summed E-state index contributed by atoms with van der Waals surface area (Å²) in [4.78, 5) is 19.1. The molecule has 2 aromatic carbocycles. The molecule has 0 N–H and O–H groups in total. The van der Waals surface area contributed by atoms with Crippen LogP contribution < -0.4 is 9.47 Å². The number of para-hydroxylation sites is 2. The van der Waals surface area contributed by atoms with E-state index in [0.717, 1.165) is 47.7 Å². The van der Waals surface area contributed by atoms with Crippen molar-refractivity contribution >= 4 is 16.9 Å². The molecule has 0 spiro atoms. The average Bonchev–Trinajstić information content (AvgIpc) is 3.08. The number of nitrogens with zero attached hydrogens (tertiary/aromatic N) is 3. The summed E-state index contributed by atoms with van der Waals surface area (Å²) in [6, 6.07) is 15.3. The summed E-state index contributed by atoms with van der Waals surface area (Å²) in [7, 11) is 3.48. The van der Waals surface area contributed by atoms with E-state index in [9.17, 15) is 4.79 Å². The van der Waals surface area contributed by atoms with Gasteiger partial charge in [0.05, 0.1) is 18.1 Å². The van der Waals surface area contributed by atoms with Crippen molar-refractivity contribution in [3.8, 4) is 11.5 Å². The van der Waals surface area contributed by atoms with Crippen LogP contribution in [0.5, 0.6) is 11.5 Å². The second-order valence-corrected chi connectivity index (χ2v) is 6.74. The van der Waals surface area contributed by atoms with Gasteiger partial charge in [-0.05, 0) is 42.8 Å². The Morgan fingerprint density at radius 3 is 2.54 bits per heavy atom. The molecule has 0 radical (unpaired) electrons. The van der Waals surface area contributed by atoms with Crippen LogP contribution in [0.3, 0.4) is 0 Å². The summed E-state index contributed by atoms with van der Waals surface area (Å²) in [5, 5.41) is 0. The highest BCUT2D eigenvalue weighted by Gasteiger charge is 2.16. The first-order chi connectivity index (χ1) is 13.6. The van der Waals surface area contributed by atoms with Gasteiger partial charge in [0.1, 0.15) is 30.5 Å². The van der Waals surface area contributed by atoms with Crippen LogP contribution in [-0.2, 0) is 17.9 Å². The molecule has 0 aliphatic carbocycles. The Hall–Kier alpha value is -3.02. The first-order valence-corrected chi connectivity index (χ1v) is 9.57. The van der Waals surface area contributed by atoms with Gasteiger partial charge < -0.3 is 18.9 Å². The van der Waals surface area contributed by atoms with E-state index in [-0.39, 0.29) is 19.1 Å². The van der Waals surface area contributed by atoms with E-state index >= 15 is 0 Å². The van der Waals surface area contributed by atoms with Crippen LogP contribution >= 0.6 is 0 Å². The Morgan fingerprint density at radius 1 is 1.11 bits per heavy atom. The molecule has 0 saturated heterocycles. The summed E-state index contributed by atoms with van der Waals surface area (Å²) in [6.07, 6.45) is 2.06. The number of amides is 1. The van der Waals surface area contributed by atoms with Gasteiger partial charge >= 0.3 is 0 Å². The van der Waals surface area contributed by atoms with Crippen LogP contribution in [0.4, 0.5) is 0 Å². The Labute approximate surface area is 165 Å². The van der Waals surface area contributed by atoms with Crippen LogP contribution in [0.15, 0.2) is 48.5 Å². The van der Waals surface area contributed by atoms with E-state index in [2.05, 4.69) is 11.9 Å². The third kappa shape index (κ3) is 4.63. The highest BCUT2D eigenvalue weighted by Crippen LogP contribution is 2.20. The molecule has 3 aromatic rings. The SMILES string of the molecule is CCCCN(C)C(=O)Cn1c(COc2ccc(OC)cc2)nc2ccccc21. The summed E-state index contributed by atoms with van der Waals surface area (Å²) in [5.74, 6) is 2.31. The highest BCUT2D eigenvalue weighted by molar-refractivity contribution is 5.81. The number of likely N-dealkylation sites (N-methyl/N-ethyl adjacent to an activating group) is 1. The zero-order valence-corrected chi connectivity index (χ0v) is 16.7. The fourth-order valence-electron chi connectivity index (χ4n) is 3.01. The minimum Gasteiger partial charge on any atom is -0.497 e. The molecule has 1 amide bonds. The number of aromatic nitrogens is 2. The van der Waals surface area contributed by atoms with Crippen LogP contribution in [0, 0.1) is 0 Å². The number of imidazole rings is 1. The summed E-state index contributed by atoms with van der Waals surface area (Å²) < 4.78 is 13.0. The third-order valence-electron chi connectivity index (χ3n) is 4.73. The van der Waals surface area contributed by atoms with E-state index in [1.54, 1.807) is 12.0 Å². The number of rotatable bonds is 9. The summed E-state index contributed by atoms with van der Waals surface area (Å²) in [6.45, 7) is 3.42.